The van der Waals surface area contributed by atoms with Crippen LogP contribution in [-0.2, 0) is 18.4 Å². The maximum absolute atomic E-state index is 12.4. The third-order valence-corrected chi connectivity index (χ3v) is 5.54. The SMILES string of the molecule is Cc1ccc(NC(=O)[C@H](C)Sc2nnc(COc3ccccc3Cl)n2C)cc1. The van der Waals surface area contributed by atoms with Crippen LogP contribution < -0.4 is 10.1 Å². The summed E-state index contributed by atoms with van der Waals surface area (Å²) in [5, 5.41) is 12.1. The van der Waals surface area contributed by atoms with Gasteiger partial charge in [-0.25, -0.2) is 0 Å². The van der Waals surface area contributed by atoms with Crippen molar-refractivity contribution in [3.8, 4) is 5.75 Å². The van der Waals surface area contributed by atoms with Gasteiger partial charge in [0.1, 0.15) is 12.4 Å². The van der Waals surface area contributed by atoms with Crippen LogP contribution in [0.15, 0.2) is 53.7 Å². The molecule has 3 rings (SSSR count). The maximum Gasteiger partial charge on any atom is 0.237 e. The van der Waals surface area contributed by atoms with E-state index in [1.54, 1.807) is 12.1 Å². The van der Waals surface area contributed by atoms with Gasteiger partial charge in [-0.2, -0.15) is 0 Å². The first kappa shape index (κ1) is 20.2. The van der Waals surface area contributed by atoms with E-state index < -0.39 is 0 Å². The van der Waals surface area contributed by atoms with Crippen molar-refractivity contribution >= 4 is 35.0 Å². The van der Waals surface area contributed by atoms with Gasteiger partial charge in [-0.1, -0.05) is 53.2 Å². The number of aromatic nitrogens is 3. The number of carbonyl (C=O) groups is 1. The number of hydrogen-bond acceptors (Lipinski definition) is 5. The van der Waals surface area contributed by atoms with Crippen LogP contribution in [-0.4, -0.2) is 25.9 Å². The minimum atomic E-state index is -0.332. The van der Waals surface area contributed by atoms with Gasteiger partial charge in [0.15, 0.2) is 11.0 Å². The molecule has 0 spiro atoms. The second-order valence-electron chi connectivity index (χ2n) is 6.29. The van der Waals surface area contributed by atoms with Gasteiger partial charge in [0, 0.05) is 12.7 Å². The van der Waals surface area contributed by atoms with Crippen LogP contribution in [0, 0.1) is 6.92 Å². The molecule has 1 atom stereocenters. The molecule has 6 nitrogen and oxygen atoms in total. The van der Waals surface area contributed by atoms with Gasteiger partial charge in [0.05, 0.1) is 10.3 Å². The predicted octanol–water partition coefficient (Wildman–Crippen LogP) is 4.48. The number of halogens is 1. The Balaban J connectivity index is 1.59. The zero-order valence-corrected chi connectivity index (χ0v) is 17.4. The quantitative estimate of drug-likeness (QED) is 0.575. The molecule has 0 aliphatic carbocycles. The molecule has 3 aromatic rings. The molecule has 1 heterocycles. The smallest absolute Gasteiger partial charge is 0.237 e. The second-order valence-corrected chi connectivity index (χ2v) is 8.01. The third kappa shape index (κ3) is 5.05. The van der Waals surface area contributed by atoms with Gasteiger partial charge >= 0.3 is 0 Å². The molecular weight excluding hydrogens is 396 g/mol. The molecule has 0 saturated heterocycles. The summed E-state index contributed by atoms with van der Waals surface area (Å²) >= 11 is 7.44. The van der Waals surface area contributed by atoms with Crippen molar-refractivity contribution in [2.45, 2.75) is 30.9 Å². The summed E-state index contributed by atoms with van der Waals surface area (Å²) in [5.41, 5.74) is 1.92. The van der Waals surface area contributed by atoms with Gasteiger partial charge < -0.3 is 14.6 Å². The number of nitrogens with zero attached hydrogens (tertiary/aromatic N) is 3. The first-order valence-electron chi connectivity index (χ1n) is 8.74. The van der Waals surface area contributed by atoms with Crippen LogP contribution >= 0.6 is 23.4 Å². The molecule has 1 N–H and O–H groups in total. The lowest BCUT2D eigenvalue weighted by molar-refractivity contribution is -0.115. The van der Waals surface area contributed by atoms with Crippen molar-refractivity contribution in [3.05, 3.63) is 64.9 Å². The lowest BCUT2D eigenvalue weighted by Crippen LogP contribution is -2.22. The number of hydrogen-bond donors (Lipinski definition) is 1. The molecule has 0 fully saturated rings. The lowest BCUT2D eigenvalue weighted by atomic mass is 10.2. The summed E-state index contributed by atoms with van der Waals surface area (Å²) < 4.78 is 7.53. The highest BCUT2D eigenvalue weighted by Crippen LogP contribution is 2.26. The zero-order valence-electron chi connectivity index (χ0n) is 15.8. The van der Waals surface area contributed by atoms with Gasteiger partial charge in [-0.15, -0.1) is 10.2 Å². The predicted molar refractivity (Wildman–Crippen MR) is 112 cm³/mol. The summed E-state index contributed by atoms with van der Waals surface area (Å²) in [4.78, 5) is 12.4. The van der Waals surface area contributed by atoms with E-state index in [2.05, 4.69) is 15.5 Å². The van der Waals surface area contributed by atoms with E-state index in [1.807, 2.05) is 61.9 Å². The number of anilines is 1. The summed E-state index contributed by atoms with van der Waals surface area (Å²) in [6.07, 6.45) is 0. The number of benzene rings is 2. The molecule has 0 bridgehead atoms. The average molecular weight is 417 g/mol. The van der Waals surface area contributed by atoms with Gasteiger partial charge in [0.25, 0.3) is 0 Å². The van der Waals surface area contributed by atoms with Crippen LogP contribution in [0.5, 0.6) is 5.75 Å². The number of amides is 1. The minimum Gasteiger partial charge on any atom is -0.484 e. The van der Waals surface area contributed by atoms with Crippen molar-refractivity contribution in [3.63, 3.8) is 0 Å². The molecule has 8 heteroatoms. The van der Waals surface area contributed by atoms with E-state index in [4.69, 9.17) is 16.3 Å². The van der Waals surface area contributed by atoms with Crippen LogP contribution in [0.2, 0.25) is 5.02 Å². The van der Waals surface area contributed by atoms with Gasteiger partial charge in [0.2, 0.25) is 5.91 Å². The van der Waals surface area contributed by atoms with E-state index in [0.717, 1.165) is 11.3 Å². The Morgan fingerprint density at radius 1 is 1.21 bits per heavy atom. The number of nitrogens with one attached hydrogen (secondary N) is 1. The Morgan fingerprint density at radius 2 is 1.93 bits per heavy atom. The summed E-state index contributed by atoms with van der Waals surface area (Å²) in [6.45, 7) is 4.08. The number of rotatable bonds is 7. The largest absolute Gasteiger partial charge is 0.484 e. The molecule has 146 valence electrons. The maximum atomic E-state index is 12.4. The van der Waals surface area contributed by atoms with Crippen LogP contribution in [0.1, 0.15) is 18.3 Å². The van der Waals surface area contributed by atoms with Crippen molar-refractivity contribution < 1.29 is 9.53 Å². The Kier molecular flexibility index (Phi) is 6.59. The number of ether oxygens (including phenoxy) is 1. The Bertz CT molecular complexity index is 959. The molecule has 28 heavy (non-hydrogen) atoms. The third-order valence-electron chi connectivity index (χ3n) is 4.09. The summed E-state index contributed by atoms with van der Waals surface area (Å²) in [7, 11) is 1.85. The fourth-order valence-electron chi connectivity index (χ4n) is 2.37. The number of carbonyl (C=O) groups excluding carboxylic acids is 1. The van der Waals surface area contributed by atoms with E-state index in [-0.39, 0.29) is 17.8 Å². The molecule has 2 aromatic carbocycles. The van der Waals surface area contributed by atoms with E-state index in [9.17, 15) is 4.79 Å². The Labute approximate surface area is 173 Å². The molecule has 1 amide bonds. The van der Waals surface area contributed by atoms with Crippen molar-refractivity contribution in [2.75, 3.05) is 5.32 Å². The number of para-hydroxylation sites is 1. The van der Waals surface area contributed by atoms with Gasteiger partial charge in [-0.05, 0) is 38.1 Å². The molecule has 0 saturated carbocycles. The standard InChI is InChI=1S/C20H21ClN4O2S/c1-13-8-10-15(11-9-13)22-19(26)14(2)28-20-24-23-18(25(20)3)12-27-17-7-5-4-6-16(17)21/h4-11,14H,12H2,1-3H3,(H,22,26)/t14-/m0/s1. The van der Waals surface area contributed by atoms with Crippen molar-refractivity contribution in [2.24, 2.45) is 7.05 Å². The van der Waals surface area contributed by atoms with E-state index in [0.29, 0.717) is 21.8 Å². The van der Waals surface area contributed by atoms with Crippen molar-refractivity contribution in [1.29, 1.82) is 0 Å². The molecular formula is C20H21ClN4O2S. The fraction of sp³-hybridized carbons (Fsp3) is 0.250. The lowest BCUT2D eigenvalue weighted by Gasteiger charge is -2.12. The highest BCUT2D eigenvalue weighted by molar-refractivity contribution is 8.00. The highest BCUT2D eigenvalue weighted by atomic mass is 35.5. The normalized spacial score (nSPS) is 11.9. The molecule has 0 aliphatic rings. The average Bonchev–Trinajstić information content (AvgIpc) is 3.02. The Hall–Kier alpha value is -2.51. The molecule has 1 aromatic heterocycles. The number of aryl methyl sites for hydroxylation is 1. The van der Waals surface area contributed by atoms with E-state index >= 15 is 0 Å². The zero-order chi connectivity index (χ0) is 20.1. The summed E-state index contributed by atoms with van der Waals surface area (Å²) in [5.74, 6) is 1.14. The summed E-state index contributed by atoms with van der Waals surface area (Å²) in [6, 6.07) is 15.0. The van der Waals surface area contributed by atoms with E-state index in [1.165, 1.54) is 11.8 Å². The van der Waals surface area contributed by atoms with Crippen molar-refractivity contribution in [1.82, 2.24) is 14.8 Å². The van der Waals surface area contributed by atoms with Crippen LogP contribution in [0.3, 0.4) is 0 Å². The Morgan fingerprint density at radius 3 is 2.64 bits per heavy atom. The number of thioether (sulfide) groups is 1. The van der Waals surface area contributed by atoms with Crippen LogP contribution in [0.25, 0.3) is 0 Å². The first-order chi connectivity index (χ1) is 13.4. The molecule has 0 radical (unpaired) electrons. The topological polar surface area (TPSA) is 69.0 Å². The second kappa shape index (κ2) is 9.12. The van der Waals surface area contributed by atoms with Gasteiger partial charge in [-0.3, -0.25) is 4.79 Å². The molecule has 0 unspecified atom stereocenters. The minimum absolute atomic E-state index is 0.0919. The fourth-order valence-corrected chi connectivity index (χ4v) is 3.39. The molecule has 0 aliphatic heterocycles. The first-order valence-corrected chi connectivity index (χ1v) is 9.99. The van der Waals surface area contributed by atoms with Crippen LogP contribution in [0.4, 0.5) is 5.69 Å². The highest BCUT2D eigenvalue weighted by Gasteiger charge is 2.19. The monoisotopic (exact) mass is 416 g/mol.